The molecule has 0 saturated heterocycles. The molecule has 0 atom stereocenters. The highest BCUT2D eigenvalue weighted by Gasteiger charge is 2.31. The standard InChI is InChI=1S/C18H15F3N6O/c1-9-6-11(18(19,20)21)7-10(2)14(9)27-8-12-15(25-27)22-16(23-17(12)28)13-4-5-26(3)24-13/h4-8H,1-3H3,(H,22,23,25,28). The fourth-order valence-electron chi connectivity index (χ4n) is 3.17. The van der Waals surface area contributed by atoms with Crippen molar-refractivity contribution in [2.24, 2.45) is 7.05 Å². The summed E-state index contributed by atoms with van der Waals surface area (Å²) < 4.78 is 42.0. The molecular formula is C18H15F3N6O. The summed E-state index contributed by atoms with van der Waals surface area (Å²) in [7, 11) is 1.74. The van der Waals surface area contributed by atoms with Gasteiger partial charge in [0.2, 0.25) is 0 Å². The molecule has 0 saturated carbocycles. The molecule has 10 heteroatoms. The average molecular weight is 388 g/mol. The van der Waals surface area contributed by atoms with Gasteiger partial charge in [-0.3, -0.25) is 9.48 Å². The number of hydrogen-bond donors (Lipinski definition) is 1. The number of nitrogens with zero attached hydrogens (tertiary/aromatic N) is 5. The van der Waals surface area contributed by atoms with E-state index in [9.17, 15) is 18.0 Å². The van der Waals surface area contributed by atoms with Crippen LogP contribution in [0.25, 0.3) is 28.2 Å². The summed E-state index contributed by atoms with van der Waals surface area (Å²) in [4.78, 5) is 19.4. The summed E-state index contributed by atoms with van der Waals surface area (Å²) in [6, 6.07) is 3.82. The van der Waals surface area contributed by atoms with E-state index in [2.05, 4.69) is 20.2 Å². The minimum atomic E-state index is -4.43. The van der Waals surface area contributed by atoms with Crippen LogP contribution >= 0.6 is 0 Å². The van der Waals surface area contributed by atoms with Crippen molar-refractivity contribution >= 4 is 11.0 Å². The first-order chi connectivity index (χ1) is 13.1. The van der Waals surface area contributed by atoms with Crippen LogP contribution in [-0.4, -0.2) is 29.5 Å². The Morgan fingerprint density at radius 1 is 1.11 bits per heavy atom. The second kappa shape index (κ2) is 6.04. The summed E-state index contributed by atoms with van der Waals surface area (Å²) >= 11 is 0. The van der Waals surface area contributed by atoms with Crippen molar-refractivity contribution in [3.8, 4) is 17.2 Å². The van der Waals surface area contributed by atoms with E-state index in [0.29, 0.717) is 22.5 Å². The van der Waals surface area contributed by atoms with Crippen LogP contribution < -0.4 is 5.56 Å². The van der Waals surface area contributed by atoms with Gasteiger partial charge < -0.3 is 4.98 Å². The van der Waals surface area contributed by atoms with E-state index in [-0.39, 0.29) is 16.9 Å². The van der Waals surface area contributed by atoms with Gasteiger partial charge in [-0.2, -0.15) is 18.3 Å². The third-order valence-electron chi connectivity index (χ3n) is 4.39. The molecule has 7 nitrogen and oxygen atoms in total. The van der Waals surface area contributed by atoms with Crippen LogP contribution in [0.5, 0.6) is 0 Å². The van der Waals surface area contributed by atoms with E-state index in [1.807, 2.05) is 0 Å². The SMILES string of the molecule is Cc1cc(C(F)(F)F)cc(C)c1-n1cc2c(=O)[nH]c(-c3ccn(C)n3)nc2n1. The van der Waals surface area contributed by atoms with Gasteiger partial charge in [0.1, 0.15) is 11.1 Å². The van der Waals surface area contributed by atoms with Crippen molar-refractivity contribution in [1.29, 1.82) is 0 Å². The molecule has 4 aromatic rings. The van der Waals surface area contributed by atoms with Crippen molar-refractivity contribution < 1.29 is 13.2 Å². The molecule has 3 heterocycles. The molecular weight excluding hydrogens is 373 g/mol. The molecule has 0 spiro atoms. The number of benzene rings is 1. The van der Waals surface area contributed by atoms with Crippen molar-refractivity contribution in [2.45, 2.75) is 20.0 Å². The Morgan fingerprint density at radius 3 is 2.36 bits per heavy atom. The van der Waals surface area contributed by atoms with Crippen molar-refractivity contribution in [2.75, 3.05) is 0 Å². The molecule has 3 aromatic heterocycles. The molecule has 0 radical (unpaired) electrons. The lowest BCUT2D eigenvalue weighted by Gasteiger charge is -2.14. The summed E-state index contributed by atoms with van der Waals surface area (Å²) in [5.41, 5.74) is 0.796. The molecule has 0 fully saturated rings. The Morgan fingerprint density at radius 2 is 1.79 bits per heavy atom. The number of aryl methyl sites for hydroxylation is 3. The Kier molecular flexibility index (Phi) is 3.88. The van der Waals surface area contributed by atoms with Crippen LogP contribution in [0.15, 0.2) is 35.4 Å². The second-order valence-corrected chi connectivity index (χ2v) is 6.56. The predicted molar refractivity (Wildman–Crippen MR) is 96.2 cm³/mol. The maximum Gasteiger partial charge on any atom is 0.416 e. The van der Waals surface area contributed by atoms with Gasteiger partial charge in [0, 0.05) is 19.4 Å². The fraction of sp³-hybridized carbons (Fsp3) is 0.222. The van der Waals surface area contributed by atoms with E-state index in [1.165, 1.54) is 10.9 Å². The molecule has 1 N–H and O–H groups in total. The van der Waals surface area contributed by atoms with Gasteiger partial charge in [-0.05, 0) is 43.2 Å². The van der Waals surface area contributed by atoms with Crippen LogP contribution in [-0.2, 0) is 13.2 Å². The van der Waals surface area contributed by atoms with E-state index >= 15 is 0 Å². The molecule has 0 bridgehead atoms. The molecule has 0 aliphatic carbocycles. The first-order valence-corrected chi connectivity index (χ1v) is 8.32. The van der Waals surface area contributed by atoms with Crippen LogP contribution in [0, 0.1) is 13.8 Å². The first kappa shape index (κ1) is 18.0. The van der Waals surface area contributed by atoms with Gasteiger partial charge >= 0.3 is 6.18 Å². The number of halogens is 3. The zero-order valence-electron chi connectivity index (χ0n) is 15.2. The third-order valence-corrected chi connectivity index (χ3v) is 4.39. The van der Waals surface area contributed by atoms with Gasteiger partial charge in [-0.15, -0.1) is 5.10 Å². The number of aromatic amines is 1. The monoisotopic (exact) mass is 388 g/mol. The lowest BCUT2D eigenvalue weighted by Crippen LogP contribution is -2.09. The molecule has 0 aliphatic rings. The molecule has 0 aliphatic heterocycles. The van der Waals surface area contributed by atoms with Gasteiger partial charge in [-0.1, -0.05) is 0 Å². The molecule has 0 unspecified atom stereocenters. The van der Waals surface area contributed by atoms with Gasteiger partial charge in [0.25, 0.3) is 5.56 Å². The maximum atomic E-state index is 13.0. The minimum Gasteiger partial charge on any atom is -0.304 e. The smallest absolute Gasteiger partial charge is 0.304 e. The normalized spacial score (nSPS) is 12.1. The zero-order valence-corrected chi connectivity index (χ0v) is 15.2. The maximum absolute atomic E-state index is 13.0. The van der Waals surface area contributed by atoms with E-state index in [0.717, 1.165) is 12.1 Å². The van der Waals surface area contributed by atoms with Crippen molar-refractivity contribution in [3.05, 3.63) is 57.6 Å². The summed E-state index contributed by atoms with van der Waals surface area (Å²) in [6.45, 7) is 3.14. The molecule has 0 amide bonds. The number of alkyl halides is 3. The topological polar surface area (TPSA) is 81.4 Å². The van der Waals surface area contributed by atoms with Crippen LogP contribution in [0.1, 0.15) is 16.7 Å². The third kappa shape index (κ3) is 2.96. The number of hydrogen-bond acceptors (Lipinski definition) is 4. The number of nitrogens with one attached hydrogen (secondary N) is 1. The Bertz CT molecular complexity index is 1240. The van der Waals surface area contributed by atoms with Crippen LogP contribution in [0.4, 0.5) is 13.2 Å². The highest BCUT2D eigenvalue weighted by molar-refractivity contribution is 5.75. The van der Waals surface area contributed by atoms with Crippen LogP contribution in [0.2, 0.25) is 0 Å². The lowest BCUT2D eigenvalue weighted by atomic mass is 10.0. The molecule has 4 rings (SSSR count). The molecule has 144 valence electrons. The molecule has 1 aromatic carbocycles. The van der Waals surface area contributed by atoms with E-state index in [1.54, 1.807) is 37.8 Å². The highest BCUT2D eigenvalue weighted by atomic mass is 19.4. The number of aromatic nitrogens is 6. The van der Waals surface area contributed by atoms with Crippen LogP contribution in [0.3, 0.4) is 0 Å². The summed E-state index contributed by atoms with van der Waals surface area (Å²) in [6.07, 6.45) is -1.25. The largest absolute Gasteiger partial charge is 0.416 e. The second-order valence-electron chi connectivity index (χ2n) is 6.56. The van der Waals surface area contributed by atoms with Crippen molar-refractivity contribution in [3.63, 3.8) is 0 Å². The highest BCUT2D eigenvalue weighted by Crippen LogP contribution is 2.33. The first-order valence-electron chi connectivity index (χ1n) is 8.32. The van der Waals surface area contributed by atoms with Gasteiger partial charge in [0.15, 0.2) is 11.5 Å². The number of rotatable bonds is 2. The predicted octanol–water partition coefficient (Wildman–Crippen LogP) is 3.14. The lowest BCUT2D eigenvalue weighted by molar-refractivity contribution is -0.137. The van der Waals surface area contributed by atoms with E-state index < -0.39 is 17.3 Å². The Balaban J connectivity index is 1.87. The van der Waals surface area contributed by atoms with Gasteiger partial charge in [0.05, 0.1) is 11.3 Å². The number of fused-ring (bicyclic) bond motifs is 1. The van der Waals surface area contributed by atoms with Gasteiger partial charge in [-0.25, -0.2) is 9.67 Å². The minimum absolute atomic E-state index is 0.183. The molecule has 28 heavy (non-hydrogen) atoms. The van der Waals surface area contributed by atoms with Crippen molar-refractivity contribution in [1.82, 2.24) is 29.5 Å². The average Bonchev–Trinajstić information content (AvgIpc) is 3.20. The fourth-order valence-corrected chi connectivity index (χ4v) is 3.17. The summed E-state index contributed by atoms with van der Waals surface area (Å²) in [5, 5.41) is 8.75. The summed E-state index contributed by atoms with van der Waals surface area (Å²) in [5.74, 6) is 0.268. The zero-order chi connectivity index (χ0) is 20.2. The quantitative estimate of drug-likeness (QED) is 0.572. The van der Waals surface area contributed by atoms with E-state index in [4.69, 9.17) is 0 Å². The Hall–Kier alpha value is -3.43. The Labute approximate surface area is 156 Å². The number of H-pyrrole nitrogens is 1.